The fraction of sp³-hybridized carbons (Fsp3) is 0.294. The standard InChI is InChI=1S/C17H22N2O/c1-17(2,14-10-6-7-11-15(14)19-18)12-16(20)13-8-4-3-5-9-13/h3-11,16,19-20H,12,18H2,1-2H3. The average Bonchev–Trinajstić information content (AvgIpc) is 2.47. The number of nitrogens with one attached hydrogen (secondary N) is 1. The van der Waals surface area contributed by atoms with Gasteiger partial charge < -0.3 is 10.5 Å². The SMILES string of the molecule is CC(C)(CC(O)c1ccccc1)c1ccccc1NN. The average molecular weight is 270 g/mol. The van der Waals surface area contributed by atoms with Crippen molar-refractivity contribution in [2.24, 2.45) is 5.84 Å². The summed E-state index contributed by atoms with van der Waals surface area (Å²) in [5.41, 5.74) is 5.50. The highest BCUT2D eigenvalue weighted by atomic mass is 16.3. The van der Waals surface area contributed by atoms with Gasteiger partial charge in [-0.3, -0.25) is 5.84 Å². The Morgan fingerprint density at radius 1 is 1.05 bits per heavy atom. The Hall–Kier alpha value is -1.84. The summed E-state index contributed by atoms with van der Waals surface area (Å²) in [4.78, 5) is 0. The van der Waals surface area contributed by atoms with Crippen LogP contribution in [0.5, 0.6) is 0 Å². The van der Waals surface area contributed by atoms with E-state index in [4.69, 9.17) is 5.84 Å². The van der Waals surface area contributed by atoms with E-state index < -0.39 is 6.10 Å². The van der Waals surface area contributed by atoms with Crippen LogP contribution in [-0.4, -0.2) is 5.11 Å². The number of hydrogen-bond acceptors (Lipinski definition) is 3. The summed E-state index contributed by atoms with van der Waals surface area (Å²) < 4.78 is 0. The minimum absolute atomic E-state index is 0.182. The van der Waals surface area contributed by atoms with Crippen LogP contribution in [0.4, 0.5) is 5.69 Å². The fourth-order valence-corrected chi connectivity index (χ4v) is 2.59. The maximum atomic E-state index is 10.4. The summed E-state index contributed by atoms with van der Waals surface area (Å²) in [5, 5.41) is 10.4. The van der Waals surface area contributed by atoms with Gasteiger partial charge in [0.05, 0.1) is 11.8 Å². The molecule has 20 heavy (non-hydrogen) atoms. The Bertz CT molecular complexity index is 552. The molecule has 0 spiro atoms. The monoisotopic (exact) mass is 270 g/mol. The van der Waals surface area contributed by atoms with Crippen molar-refractivity contribution in [2.75, 3.05) is 5.43 Å². The molecule has 0 bridgehead atoms. The first kappa shape index (κ1) is 14.6. The number of nitrogens with two attached hydrogens (primary N) is 1. The molecule has 2 aromatic carbocycles. The first-order valence-electron chi connectivity index (χ1n) is 6.84. The van der Waals surface area contributed by atoms with Crippen LogP contribution in [0.25, 0.3) is 0 Å². The van der Waals surface area contributed by atoms with Crippen LogP contribution in [0.3, 0.4) is 0 Å². The Kier molecular flexibility index (Phi) is 4.42. The third kappa shape index (κ3) is 3.18. The van der Waals surface area contributed by atoms with Crippen LogP contribution in [0.1, 0.15) is 37.5 Å². The second kappa shape index (κ2) is 6.07. The van der Waals surface area contributed by atoms with Crippen LogP contribution in [-0.2, 0) is 5.41 Å². The maximum absolute atomic E-state index is 10.4. The lowest BCUT2D eigenvalue weighted by molar-refractivity contribution is 0.140. The van der Waals surface area contributed by atoms with E-state index in [9.17, 15) is 5.11 Å². The molecule has 0 radical (unpaired) electrons. The van der Waals surface area contributed by atoms with Gasteiger partial charge in [-0.25, -0.2) is 0 Å². The zero-order valence-electron chi connectivity index (χ0n) is 12.0. The predicted octanol–water partition coefficient (Wildman–Crippen LogP) is 3.37. The lowest BCUT2D eigenvalue weighted by Crippen LogP contribution is -2.23. The highest BCUT2D eigenvalue weighted by Gasteiger charge is 2.27. The molecule has 3 nitrogen and oxygen atoms in total. The van der Waals surface area contributed by atoms with Gasteiger partial charge in [0.25, 0.3) is 0 Å². The number of hydrazine groups is 1. The van der Waals surface area contributed by atoms with Crippen molar-refractivity contribution in [3.05, 3.63) is 65.7 Å². The number of hydrogen-bond donors (Lipinski definition) is 3. The van der Waals surface area contributed by atoms with E-state index >= 15 is 0 Å². The van der Waals surface area contributed by atoms with Crippen molar-refractivity contribution in [3.63, 3.8) is 0 Å². The molecular weight excluding hydrogens is 248 g/mol. The fourth-order valence-electron chi connectivity index (χ4n) is 2.59. The first-order chi connectivity index (χ1) is 9.54. The Morgan fingerprint density at radius 2 is 1.65 bits per heavy atom. The van der Waals surface area contributed by atoms with Gasteiger partial charge in [-0.15, -0.1) is 0 Å². The third-order valence-corrected chi connectivity index (χ3v) is 3.70. The molecule has 0 aliphatic rings. The topological polar surface area (TPSA) is 58.3 Å². The van der Waals surface area contributed by atoms with Gasteiger partial charge in [-0.2, -0.15) is 0 Å². The van der Waals surface area contributed by atoms with Gasteiger partial charge >= 0.3 is 0 Å². The smallest absolute Gasteiger partial charge is 0.0798 e. The molecule has 2 aromatic rings. The molecule has 1 unspecified atom stereocenters. The van der Waals surface area contributed by atoms with E-state index in [1.165, 1.54) is 0 Å². The van der Waals surface area contributed by atoms with Crippen LogP contribution in [0.15, 0.2) is 54.6 Å². The lowest BCUT2D eigenvalue weighted by atomic mass is 9.78. The van der Waals surface area contributed by atoms with Crippen LogP contribution < -0.4 is 11.3 Å². The summed E-state index contributed by atoms with van der Waals surface area (Å²) in [6.07, 6.45) is 0.146. The number of aliphatic hydroxyl groups is 1. The minimum Gasteiger partial charge on any atom is -0.388 e. The Balaban J connectivity index is 2.22. The number of rotatable bonds is 5. The molecule has 3 heteroatoms. The zero-order chi connectivity index (χ0) is 14.6. The quantitative estimate of drug-likeness (QED) is 0.576. The summed E-state index contributed by atoms with van der Waals surface area (Å²) in [6, 6.07) is 17.7. The van der Waals surface area contributed by atoms with Crippen molar-refractivity contribution >= 4 is 5.69 Å². The van der Waals surface area contributed by atoms with E-state index in [0.717, 1.165) is 16.8 Å². The molecule has 0 heterocycles. The van der Waals surface area contributed by atoms with E-state index in [1.54, 1.807) is 0 Å². The minimum atomic E-state index is -0.489. The third-order valence-electron chi connectivity index (χ3n) is 3.70. The number of aliphatic hydroxyl groups excluding tert-OH is 1. The van der Waals surface area contributed by atoms with Crippen molar-refractivity contribution in [2.45, 2.75) is 31.8 Å². The normalized spacial score (nSPS) is 13.0. The molecule has 0 aromatic heterocycles. The molecule has 106 valence electrons. The molecule has 0 fully saturated rings. The second-order valence-corrected chi connectivity index (χ2v) is 5.70. The summed E-state index contributed by atoms with van der Waals surface area (Å²) in [7, 11) is 0. The van der Waals surface area contributed by atoms with E-state index in [-0.39, 0.29) is 5.41 Å². The molecule has 4 N–H and O–H groups in total. The molecule has 0 saturated heterocycles. The van der Waals surface area contributed by atoms with Crippen molar-refractivity contribution in [3.8, 4) is 0 Å². The lowest BCUT2D eigenvalue weighted by Gasteiger charge is -2.30. The molecule has 0 aliphatic heterocycles. The predicted molar refractivity (Wildman–Crippen MR) is 83.3 cm³/mol. The molecular formula is C17H22N2O. The zero-order valence-corrected chi connectivity index (χ0v) is 12.0. The largest absolute Gasteiger partial charge is 0.388 e. The van der Waals surface area contributed by atoms with Gasteiger partial charge in [0.15, 0.2) is 0 Å². The van der Waals surface area contributed by atoms with Gasteiger partial charge in [-0.1, -0.05) is 62.4 Å². The second-order valence-electron chi connectivity index (χ2n) is 5.70. The van der Waals surface area contributed by atoms with E-state index in [1.807, 2.05) is 54.6 Å². The number of anilines is 1. The Labute approximate surface area is 120 Å². The van der Waals surface area contributed by atoms with Crippen molar-refractivity contribution in [1.82, 2.24) is 0 Å². The maximum Gasteiger partial charge on any atom is 0.0798 e. The number of nitrogen functional groups attached to an aromatic ring is 1. The van der Waals surface area contributed by atoms with Gasteiger partial charge in [-0.05, 0) is 29.0 Å². The number of para-hydroxylation sites is 1. The Morgan fingerprint density at radius 3 is 2.30 bits per heavy atom. The van der Waals surface area contributed by atoms with Crippen molar-refractivity contribution < 1.29 is 5.11 Å². The number of benzene rings is 2. The molecule has 0 amide bonds. The van der Waals surface area contributed by atoms with E-state index in [2.05, 4.69) is 19.3 Å². The van der Waals surface area contributed by atoms with Gasteiger partial charge in [0.1, 0.15) is 0 Å². The van der Waals surface area contributed by atoms with Crippen LogP contribution >= 0.6 is 0 Å². The highest BCUT2D eigenvalue weighted by Crippen LogP contribution is 2.36. The van der Waals surface area contributed by atoms with Crippen LogP contribution in [0, 0.1) is 0 Å². The summed E-state index contributed by atoms with van der Waals surface area (Å²) in [6.45, 7) is 4.24. The molecule has 2 rings (SSSR count). The summed E-state index contributed by atoms with van der Waals surface area (Å²) >= 11 is 0. The van der Waals surface area contributed by atoms with Gasteiger partial charge in [0.2, 0.25) is 0 Å². The highest BCUT2D eigenvalue weighted by molar-refractivity contribution is 5.53. The summed E-state index contributed by atoms with van der Waals surface area (Å²) in [5.74, 6) is 5.58. The van der Waals surface area contributed by atoms with E-state index in [0.29, 0.717) is 6.42 Å². The van der Waals surface area contributed by atoms with Gasteiger partial charge in [0, 0.05) is 0 Å². The molecule has 0 saturated carbocycles. The van der Waals surface area contributed by atoms with Crippen molar-refractivity contribution in [1.29, 1.82) is 0 Å². The molecule has 1 atom stereocenters. The first-order valence-corrected chi connectivity index (χ1v) is 6.84. The van der Waals surface area contributed by atoms with Crippen LogP contribution in [0.2, 0.25) is 0 Å². The molecule has 0 aliphatic carbocycles.